The quantitative estimate of drug-likeness (QED) is 0.535. The van der Waals surface area contributed by atoms with Crippen LogP contribution in [0.15, 0.2) is 15.0 Å². The summed E-state index contributed by atoms with van der Waals surface area (Å²) in [5.74, 6) is -0.626. The summed E-state index contributed by atoms with van der Waals surface area (Å²) in [5.41, 5.74) is -0.705. The van der Waals surface area contributed by atoms with Crippen molar-refractivity contribution in [2.24, 2.45) is 10.2 Å². The molecule has 1 aliphatic rings. The van der Waals surface area contributed by atoms with Crippen LogP contribution in [-0.2, 0) is 0 Å². The van der Waals surface area contributed by atoms with Crippen molar-refractivity contribution in [1.82, 2.24) is 15.4 Å². The highest BCUT2D eigenvalue weighted by atomic mass is 16.2. The Bertz CT molecular complexity index is 405. The van der Waals surface area contributed by atoms with E-state index >= 15 is 0 Å². The van der Waals surface area contributed by atoms with E-state index < -0.39 is 11.5 Å². The van der Waals surface area contributed by atoms with E-state index in [1.165, 1.54) is 0 Å². The zero-order valence-corrected chi connectivity index (χ0v) is 5.11. The molecule has 54 valence electrons. The average Bonchev–Trinajstić information content (AvgIpc) is 2.35. The van der Waals surface area contributed by atoms with E-state index in [9.17, 15) is 9.59 Å². The number of azo groups is 1. The van der Waals surface area contributed by atoms with Gasteiger partial charge in [0.1, 0.15) is 0 Å². The van der Waals surface area contributed by atoms with Crippen LogP contribution in [-0.4, -0.2) is 21.3 Å². The van der Waals surface area contributed by atoms with Gasteiger partial charge in [-0.2, -0.15) is 0 Å². The molecule has 2 rings (SSSR count). The predicted molar refractivity (Wildman–Crippen MR) is 31.5 cm³/mol. The molecule has 0 spiro atoms. The first-order valence-electron chi connectivity index (χ1n) is 2.70. The first kappa shape index (κ1) is 5.83. The first-order valence-corrected chi connectivity index (χ1v) is 2.70. The Kier molecular flexibility index (Phi) is 0.945. The normalized spacial score (nSPS) is 13.6. The highest BCUT2D eigenvalue weighted by Gasteiger charge is 2.22. The van der Waals surface area contributed by atoms with E-state index in [-0.39, 0.29) is 11.4 Å². The van der Waals surface area contributed by atoms with Crippen LogP contribution >= 0.6 is 0 Å². The first-order chi connectivity index (χ1) is 5.29. The minimum Gasteiger partial charge on any atom is -0.265 e. The summed E-state index contributed by atoms with van der Waals surface area (Å²) in [6.45, 7) is 0. The molecule has 0 aliphatic carbocycles. The molecule has 0 aromatic carbocycles. The standard InChI is InChI=1S/C4HN5O2/c10-3-2-1(5-7-3)4(11)8-9-6-2/h(H,6,8,11). The third-order valence-electron chi connectivity index (χ3n) is 1.18. The number of carbonyl (C=O) groups excluding carboxylic acids is 1. The molecule has 1 amide bonds. The Hall–Kier alpha value is -1.92. The molecular formula is C4HN5O2. The number of rotatable bonds is 0. The maximum absolute atomic E-state index is 10.8. The van der Waals surface area contributed by atoms with Gasteiger partial charge in [-0.3, -0.25) is 9.59 Å². The molecule has 0 bridgehead atoms. The molecule has 7 nitrogen and oxygen atoms in total. The Labute approximate surface area is 59.2 Å². The second kappa shape index (κ2) is 1.78. The lowest BCUT2D eigenvalue weighted by molar-refractivity contribution is 0.0997. The number of H-pyrrole nitrogens is 1. The van der Waals surface area contributed by atoms with Crippen molar-refractivity contribution in [3.63, 3.8) is 0 Å². The number of aromatic amines is 1. The van der Waals surface area contributed by atoms with Gasteiger partial charge in [0.05, 0.1) is 0 Å². The van der Waals surface area contributed by atoms with Gasteiger partial charge in [-0.25, -0.2) is 5.10 Å². The van der Waals surface area contributed by atoms with Gasteiger partial charge < -0.3 is 0 Å². The lowest BCUT2D eigenvalue weighted by Gasteiger charge is -1.85. The van der Waals surface area contributed by atoms with E-state index in [0.29, 0.717) is 0 Å². The third kappa shape index (κ3) is 0.672. The highest BCUT2D eigenvalue weighted by Crippen LogP contribution is 2.17. The lowest BCUT2D eigenvalue weighted by atomic mass is 10.4. The lowest BCUT2D eigenvalue weighted by Crippen LogP contribution is -2.11. The van der Waals surface area contributed by atoms with Crippen LogP contribution in [0.5, 0.6) is 0 Å². The number of hydrogen-bond donors (Lipinski definition) is 1. The zero-order chi connectivity index (χ0) is 7.84. The van der Waals surface area contributed by atoms with Crippen molar-refractivity contribution in [2.45, 2.75) is 0 Å². The Morgan fingerprint density at radius 3 is 2.73 bits per heavy atom. The molecule has 0 unspecified atom stereocenters. The number of nitrogens with one attached hydrogen (secondary N) is 1. The largest absolute Gasteiger partial charge is 0.318 e. The molecule has 2 heterocycles. The zero-order valence-electron chi connectivity index (χ0n) is 5.11. The van der Waals surface area contributed by atoms with E-state index in [0.717, 1.165) is 0 Å². The van der Waals surface area contributed by atoms with E-state index in [4.69, 9.17) is 0 Å². The number of hydrogen-bond acceptors (Lipinski definition) is 5. The minimum absolute atomic E-state index is 0.0648. The Morgan fingerprint density at radius 1 is 1.18 bits per heavy atom. The second-order valence-electron chi connectivity index (χ2n) is 1.84. The minimum atomic E-state index is -0.626. The van der Waals surface area contributed by atoms with Gasteiger partial charge in [-0.05, 0) is 0 Å². The van der Waals surface area contributed by atoms with Crippen LogP contribution in [0.25, 0.3) is 0 Å². The fourth-order valence-electron chi connectivity index (χ4n) is 0.708. The van der Waals surface area contributed by atoms with Gasteiger partial charge >= 0.3 is 5.91 Å². The second-order valence-corrected chi connectivity index (χ2v) is 1.84. The van der Waals surface area contributed by atoms with Crippen LogP contribution < -0.4 is 5.56 Å². The smallest absolute Gasteiger partial charge is 0.265 e. The fourth-order valence-corrected chi connectivity index (χ4v) is 0.708. The molecule has 0 radical (unpaired) electrons. The summed E-state index contributed by atoms with van der Waals surface area (Å²) in [6, 6.07) is 0. The highest BCUT2D eigenvalue weighted by molar-refractivity contribution is 5.99. The van der Waals surface area contributed by atoms with Crippen molar-refractivity contribution < 1.29 is 4.79 Å². The molecule has 11 heavy (non-hydrogen) atoms. The molecule has 0 fully saturated rings. The van der Waals surface area contributed by atoms with Gasteiger partial charge in [0.2, 0.25) is 0 Å². The summed E-state index contributed by atoms with van der Waals surface area (Å²) in [4.78, 5) is 21.5. The van der Waals surface area contributed by atoms with E-state index in [2.05, 4.69) is 20.5 Å². The number of fused-ring (bicyclic) bond motifs is 1. The summed E-state index contributed by atoms with van der Waals surface area (Å²) in [6.07, 6.45) is 0. The van der Waals surface area contributed by atoms with Gasteiger partial charge in [0, 0.05) is 0 Å². The fraction of sp³-hybridized carbons (Fsp3) is 0. The average molecular weight is 151 g/mol. The van der Waals surface area contributed by atoms with Crippen molar-refractivity contribution in [3.8, 4) is 0 Å². The van der Waals surface area contributed by atoms with Gasteiger partial charge in [-0.15, -0.1) is 15.3 Å². The van der Waals surface area contributed by atoms with Crippen molar-refractivity contribution in [3.05, 3.63) is 16.0 Å². The molecular weight excluding hydrogens is 150 g/mol. The molecule has 1 N–H and O–H groups in total. The summed E-state index contributed by atoms with van der Waals surface area (Å²) in [5, 5.41) is 15.0. The molecule has 1 aromatic rings. The molecule has 0 atom stereocenters. The topological polar surface area (TPSA) is 100 Å². The molecule has 1 aromatic heterocycles. The van der Waals surface area contributed by atoms with Crippen molar-refractivity contribution in [1.29, 1.82) is 0 Å². The monoisotopic (exact) mass is 151 g/mol. The SMILES string of the molecule is O=C1N=Nc2c1nn[nH]c2=O. The number of amides is 1. The maximum atomic E-state index is 10.8. The summed E-state index contributed by atoms with van der Waals surface area (Å²) < 4.78 is 0. The maximum Gasteiger partial charge on any atom is 0.318 e. The molecule has 0 saturated heterocycles. The van der Waals surface area contributed by atoms with Gasteiger partial charge in [0.15, 0.2) is 11.4 Å². The van der Waals surface area contributed by atoms with Crippen LogP contribution in [0.4, 0.5) is 5.69 Å². The Morgan fingerprint density at radius 2 is 2.00 bits per heavy atom. The Balaban J connectivity index is 2.84. The van der Waals surface area contributed by atoms with Crippen molar-refractivity contribution >= 4 is 11.6 Å². The predicted octanol–water partition coefficient (Wildman–Crippen LogP) is -0.598. The van der Waals surface area contributed by atoms with E-state index in [1.54, 1.807) is 0 Å². The van der Waals surface area contributed by atoms with Crippen LogP contribution in [0.1, 0.15) is 10.5 Å². The van der Waals surface area contributed by atoms with Crippen molar-refractivity contribution in [2.75, 3.05) is 0 Å². The summed E-state index contributed by atoms with van der Waals surface area (Å²) in [7, 11) is 0. The van der Waals surface area contributed by atoms with Gasteiger partial charge in [-0.1, -0.05) is 5.21 Å². The van der Waals surface area contributed by atoms with E-state index in [1.807, 2.05) is 5.10 Å². The number of nitrogens with zero attached hydrogens (tertiary/aromatic N) is 4. The summed E-state index contributed by atoms with van der Waals surface area (Å²) >= 11 is 0. The molecule has 0 saturated carbocycles. The third-order valence-corrected chi connectivity index (χ3v) is 1.18. The van der Waals surface area contributed by atoms with Crippen LogP contribution in [0, 0.1) is 0 Å². The van der Waals surface area contributed by atoms with Crippen LogP contribution in [0.2, 0.25) is 0 Å². The molecule has 1 aliphatic heterocycles. The van der Waals surface area contributed by atoms with Crippen LogP contribution in [0.3, 0.4) is 0 Å². The number of carbonyl (C=O) groups is 1. The number of aromatic nitrogens is 3. The molecule has 7 heteroatoms. The van der Waals surface area contributed by atoms with Gasteiger partial charge in [0.25, 0.3) is 5.56 Å².